The molecule has 1 aromatic rings. The Morgan fingerprint density at radius 3 is 2.68 bits per heavy atom. The van der Waals surface area contributed by atoms with Gasteiger partial charge in [0.1, 0.15) is 5.75 Å². The molecule has 1 aliphatic rings. The molecule has 0 fully saturated rings. The van der Waals surface area contributed by atoms with Crippen molar-refractivity contribution in [1.82, 2.24) is 0 Å². The van der Waals surface area contributed by atoms with Gasteiger partial charge in [0, 0.05) is 23.2 Å². The summed E-state index contributed by atoms with van der Waals surface area (Å²) in [6.07, 6.45) is 0.696. The molecule has 1 aliphatic heterocycles. The zero-order valence-corrected chi connectivity index (χ0v) is 12.4. The van der Waals surface area contributed by atoms with Crippen LogP contribution < -0.4 is 14.2 Å². The lowest BCUT2D eigenvalue weighted by Gasteiger charge is -2.16. The molecule has 1 aromatic carbocycles. The Hall–Kier alpha value is -0.850. The molecule has 0 unspecified atom stereocenters. The minimum absolute atomic E-state index is 0.232. The van der Waals surface area contributed by atoms with Crippen molar-refractivity contribution in [2.45, 2.75) is 12.2 Å². The van der Waals surface area contributed by atoms with Crippen LogP contribution in [0.25, 0.3) is 0 Å². The molecule has 0 aromatic heterocycles. The first kappa shape index (κ1) is 14.6. The zero-order valence-electron chi connectivity index (χ0n) is 10.1. The van der Waals surface area contributed by atoms with Gasteiger partial charge in [-0.1, -0.05) is 11.6 Å². The van der Waals surface area contributed by atoms with E-state index in [9.17, 15) is 8.42 Å². The molecule has 0 spiro atoms. The fourth-order valence-corrected chi connectivity index (χ4v) is 3.07. The monoisotopic (exact) mass is 326 g/mol. The Balaban J connectivity index is 2.61. The van der Waals surface area contributed by atoms with E-state index in [1.54, 1.807) is 6.07 Å². The average Bonchev–Trinajstić information content (AvgIpc) is 2.52. The molecule has 19 heavy (non-hydrogen) atoms. The van der Waals surface area contributed by atoms with Crippen molar-refractivity contribution < 1.29 is 22.6 Å². The molecule has 0 N–H and O–H groups in total. The van der Waals surface area contributed by atoms with Gasteiger partial charge in [-0.15, -0.1) is 0 Å². The van der Waals surface area contributed by atoms with Crippen LogP contribution >= 0.6 is 22.3 Å². The topological polar surface area (TPSA) is 61.8 Å². The number of rotatable bonds is 3. The van der Waals surface area contributed by atoms with Crippen LogP contribution in [0.3, 0.4) is 0 Å². The maximum Gasteiger partial charge on any atom is 0.237 e. The van der Waals surface area contributed by atoms with E-state index in [1.807, 2.05) is 0 Å². The largest absolute Gasteiger partial charge is 0.495 e. The van der Waals surface area contributed by atoms with Gasteiger partial charge in [-0.05, 0) is 0 Å². The van der Waals surface area contributed by atoms with Gasteiger partial charge >= 0.3 is 0 Å². The van der Waals surface area contributed by atoms with E-state index in [2.05, 4.69) is 0 Å². The highest BCUT2D eigenvalue weighted by atomic mass is 35.7. The van der Waals surface area contributed by atoms with E-state index < -0.39 is 14.8 Å². The summed E-state index contributed by atoms with van der Waals surface area (Å²) >= 11 is 6.05. The smallest absolute Gasteiger partial charge is 0.237 e. The molecule has 1 heterocycles. The summed E-state index contributed by atoms with van der Waals surface area (Å²) in [7, 11) is 2.93. The van der Waals surface area contributed by atoms with Crippen molar-refractivity contribution in [3.63, 3.8) is 0 Å². The first-order valence-electron chi connectivity index (χ1n) is 5.49. The second-order valence-electron chi connectivity index (χ2n) is 3.93. The number of halogens is 2. The molecular weight excluding hydrogens is 315 g/mol. The van der Waals surface area contributed by atoms with Gasteiger partial charge in [0.2, 0.25) is 9.05 Å². The van der Waals surface area contributed by atoms with Crippen LogP contribution in [0.2, 0.25) is 5.02 Å². The molecule has 0 atom stereocenters. The van der Waals surface area contributed by atoms with Crippen molar-refractivity contribution >= 4 is 31.3 Å². The van der Waals surface area contributed by atoms with Gasteiger partial charge in [0.25, 0.3) is 0 Å². The number of hydrogen-bond acceptors (Lipinski definition) is 5. The number of hydrogen-bond donors (Lipinski definition) is 0. The summed E-state index contributed by atoms with van der Waals surface area (Å²) in [4.78, 5) is 0. The highest BCUT2D eigenvalue weighted by Gasteiger charge is 2.25. The predicted molar refractivity (Wildman–Crippen MR) is 72.1 cm³/mol. The normalized spacial score (nSPS) is 14.9. The third-order valence-electron chi connectivity index (χ3n) is 2.56. The Labute approximate surface area is 120 Å². The molecule has 0 amide bonds. The standard InChI is InChI=1S/C11H12Cl2O5S/c1-16-10-7(6-19(13,14)15)11-9(5-8(10)12)17-3-2-4-18-11/h5H,2-4,6H2,1H3. The SMILES string of the molecule is COc1c(Cl)cc2c(c1CS(=O)(=O)Cl)OCCCO2. The number of methoxy groups -OCH3 is 1. The molecule has 0 saturated heterocycles. The highest BCUT2D eigenvalue weighted by molar-refractivity contribution is 8.13. The van der Waals surface area contributed by atoms with Crippen LogP contribution in [-0.4, -0.2) is 28.7 Å². The van der Waals surface area contributed by atoms with Crippen LogP contribution in [0.5, 0.6) is 17.2 Å². The van der Waals surface area contributed by atoms with Gasteiger partial charge in [0.15, 0.2) is 11.5 Å². The van der Waals surface area contributed by atoms with Crippen LogP contribution in [0.4, 0.5) is 0 Å². The first-order chi connectivity index (χ1) is 8.92. The van der Waals surface area contributed by atoms with E-state index >= 15 is 0 Å². The molecule has 0 bridgehead atoms. The molecule has 0 aliphatic carbocycles. The number of ether oxygens (including phenoxy) is 3. The van der Waals surface area contributed by atoms with Crippen LogP contribution in [-0.2, 0) is 14.8 Å². The molecule has 8 heteroatoms. The second kappa shape index (κ2) is 5.64. The minimum atomic E-state index is -3.77. The Bertz CT molecular complexity index is 585. The van der Waals surface area contributed by atoms with Crippen LogP contribution in [0, 0.1) is 0 Å². The predicted octanol–water partition coefficient (Wildman–Crippen LogP) is 2.58. The summed E-state index contributed by atoms with van der Waals surface area (Å²) in [5, 5.41) is 0.252. The van der Waals surface area contributed by atoms with Gasteiger partial charge in [-0.25, -0.2) is 8.42 Å². The average molecular weight is 327 g/mol. The third-order valence-corrected chi connectivity index (χ3v) is 3.80. The summed E-state index contributed by atoms with van der Waals surface area (Å²) in [6.45, 7) is 0.899. The lowest BCUT2D eigenvalue weighted by Crippen LogP contribution is -2.04. The van der Waals surface area contributed by atoms with Crippen molar-refractivity contribution in [2.24, 2.45) is 0 Å². The van der Waals surface area contributed by atoms with Crippen molar-refractivity contribution in [1.29, 1.82) is 0 Å². The van der Waals surface area contributed by atoms with Gasteiger partial charge in [0.05, 0.1) is 36.7 Å². The lowest BCUT2D eigenvalue weighted by molar-refractivity contribution is 0.296. The molecule has 106 valence electrons. The second-order valence-corrected chi connectivity index (χ2v) is 7.12. The molecular formula is C11H12Cl2O5S. The molecule has 0 radical (unpaired) electrons. The third kappa shape index (κ3) is 3.38. The molecule has 0 saturated carbocycles. The Morgan fingerprint density at radius 1 is 1.37 bits per heavy atom. The highest BCUT2D eigenvalue weighted by Crippen LogP contribution is 2.44. The van der Waals surface area contributed by atoms with E-state index in [0.717, 1.165) is 0 Å². The van der Waals surface area contributed by atoms with E-state index in [0.29, 0.717) is 31.1 Å². The Kier molecular flexibility index (Phi) is 4.32. The van der Waals surface area contributed by atoms with Gasteiger partial charge in [-0.3, -0.25) is 0 Å². The fourth-order valence-electron chi connectivity index (χ4n) is 1.85. The minimum Gasteiger partial charge on any atom is -0.495 e. The van der Waals surface area contributed by atoms with E-state index in [4.69, 9.17) is 36.5 Å². The first-order valence-corrected chi connectivity index (χ1v) is 8.35. The number of fused-ring (bicyclic) bond motifs is 1. The molecule has 2 rings (SSSR count). The van der Waals surface area contributed by atoms with Crippen molar-refractivity contribution in [2.75, 3.05) is 20.3 Å². The molecule has 5 nitrogen and oxygen atoms in total. The van der Waals surface area contributed by atoms with Crippen molar-refractivity contribution in [3.8, 4) is 17.2 Å². The Morgan fingerprint density at radius 2 is 2.05 bits per heavy atom. The van der Waals surface area contributed by atoms with Gasteiger partial charge in [-0.2, -0.15) is 0 Å². The van der Waals surface area contributed by atoms with Crippen LogP contribution in [0.1, 0.15) is 12.0 Å². The zero-order chi connectivity index (χ0) is 14.0. The number of benzene rings is 1. The van der Waals surface area contributed by atoms with Crippen molar-refractivity contribution in [3.05, 3.63) is 16.7 Å². The van der Waals surface area contributed by atoms with Crippen LogP contribution in [0.15, 0.2) is 6.07 Å². The maximum atomic E-state index is 11.3. The van der Waals surface area contributed by atoms with E-state index in [-0.39, 0.29) is 16.3 Å². The summed E-state index contributed by atoms with van der Waals surface area (Å²) in [5.41, 5.74) is 0.280. The fraction of sp³-hybridized carbons (Fsp3) is 0.455. The summed E-state index contributed by atoms with van der Waals surface area (Å²) in [5.74, 6) is 0.515. The quantitative estimate of drug-likeness (QED) is 0.799. The summed E-state index contributed by atoms with van der Waals surface area (Å²) in [6, 6.07) is 1.55. The van der Waals surface area contributed by atoms with Gasteiger partial charge < -0.3 is 14.2 Å². The van der Waals surface area contributed by atoms with E-state index in [1.165, 1.54) is 7.11 Å². The maximum absolute atomic E-state index is 11.3. The lowest BCUT2D eigenvalue weighted by atomic mass is 10.2. The summed E-state index contributed by atoms with van der Waals surface area (Å²) < 4.78 is 38.8.